The zero-order chi connectivity index (χ0) is 39.0. The van der Waals surface area contributed by atoms with E-state index in [1.807, 2.05) is 25.9 Å². The second-order valence-corrected chi connectivity index (χ2v) is 16.5. The van der Waals surface area contributed by atoms with Gasteiger partial charge in [0.2, 0.25) is 0 Å². The zero-order valence-corrected chi connectivity index (χ0v) is 33.4. The average Bonchev–Trinajstić information content (AvgIpc) is 3.05. The standard InChI is InChI=1S/C37H67NO13.H2O/c1-14-25-37(10,45)30(41)20(4)27(39)18(2)16-35(8,44)32(51-34-28(40)24(38(11)12)15-19(3)47-34)21(5)29(22(6)33(43)49-25)50-26-17-36(9,46-13)31(42)23(7)48-26;/h18-26,28-32,34,40-42,44-45H,14-17H2,1-13H3;1H2/t18-,19-,20+,21-,22-,23+,24+,25-,26+,28-,29+,30+,31+,32-,34+,35-,36-,37-;/m1./s1. The van der Waals surface area contributed by atoms with Gasteiger partial charge >= 0.3 is 5.97 Å². The van der Waals surface area contributed by atoms with E-state index in [4.69, 9.17) is 28.4 Å². The van der Waals surface area contributed by atoms with Gasteiger partial charge in [0.05, 0.1) is 47.6 Å². The topological polar surface area (TPSA) is 225 Å². The summed E-state index contributed by atoms with van der Waals surface area (Å²) in [5.41, 5.74) is -4.84. The predicted octanol–water partition coefficient (Wildman–Crippen LogP) is 0.961. The molecular formula is C37H69NO14. The fraction of sp³-hybridized carbons (Fsp3) is 0.946. The molecule has 3 heterocycles. The average molecular weight is 752 g/mol. The largest absolute Gasteiger partial charge is 0.459 e. The quantitative estimate of drug-likeness (QED) is 0.229. The molecule has 3 aliphatic rings. The van der Waals surface area contributed by atoms with Gasteiger partial charge in [-0.3, -0.25) is 9.59 Å². The Morgan fingerprint density at radius 3 is 2.02 bits per heavy atom. The van der Waals surface area contributed by atoms with Crippen LogP contribution in [0.25, 0.3) is 0 Å². The van der Waals surface area contributed by atoms with E-state index in [1.165, 1.54) is 27.9 Å². The molecule has 7 N–H and O–H groups in total. The van der Waals surface area contributed by atoms with Crippen molar-refractivity contribution in [3.8, 4) is 0 Å². The smallest absolute Gasteiger partial charge is 0.311 e. The third-order valence-electron chi connectivity index (χ3n) is 11.8. The first kappa shape index (κ1) is 46.8. The summed E-state index contributed by atoms with van der Waals surface area (Å²) < 4.78 is 37.1. The Hall–Kier alpha value is -1.34. The highest BCUT2D eigenvalue weighted by atomic mass is 16.7. The first-order valence-corrected chi connectivity index (χ1v) is 18.5. The van der Waals surface area contributed by atoms with E-state index in [0.29, 0.717) is 6.42 Å². The van der Waals surface area contributed by atoms with Gasteiger partial charge < -0.3 is 64.3 Å². The Morgan fingerprint density at radius 1 is 0.885 bits per heavy atom. The number of likely N-dealkylation sites (N-methyl/N-ethyl adjacent to an activating group) is 1. The van der Waals surface area contributed by atoms with Crippen LogP contribution in [0.15, 0.2) is 0 Å². The SMILES string of the molecule is CC[C@H]1OC(=O)[C@H](C)[C@@H](O[C@H]2C[C@@](C)(OC)[C@@H](O)[C@H](C)O2)[C@@H](C)[C@@H](O[C@@H]2O[C@H](C)C[C@H](N(C)C)[C@H]2O)[C@](C)(O)C[C@@H](C)C(=O)[C@H](C)[C@H](O)[C@]1(C)O.O. The molecule has 3 saturated heterocycles. The van der Waals surface area contributed by atoms with Crippen LogP contribution in [0.3, 0.4) is 0 Å². The minimum Gasteiger partial charge on any atom is -0.459 e. The van der Waals surface area contributed by atoms with Crippen molar-refractivity contribution in [2.45, 2.75) is 179 Å². The predicted molar refractivity (Wildman–Crippen MR) is 190 cm³/mol. The van der Waals surface area contributed by atoms with Gasteiger partial charge in [0.15, 0.2) is 12.6 Å². The van der Waals surface area contributed by atoms with Crippen LogP contribution in [-0.4, -0.2) is 153 Å². The summed E-state index contributed by atoms with van der Waals surface area (Å²) in [6.45, 7) is 16.3. The van der Waals surface area contributed by atoms with E-state index in [9.17, 15) is 35.1 Å². The summed E-state index contributed by atoms with van der Waals surface area (Å²) in [5, 5.41) is 57.6. The summed E-state index contributed by atoms with van der Waals surface area (Å²) in [7, 11) is 5.18. The molecule has 0 spiro atoms. The molecule has 0 aromatic heterocycles. The lowest BCUT2D eigenvalue weighted by Gasteiger charge is -2.49. The molecule has 18 atom stereocenters. The molecule has 0 aromatic rings. The Bertz CT molecular complexity index is 1170. The Morgan fingerprint density at radius 2 is 1.48 bits per heavy atom. The Kier molecular flexibility index (Phi) is 16.3. The first-order valence-electron chi connectivity index (χ1n) is 18.5. The Balaban J connectivity index is 0.00000936. The van der Waals surface area contributed by atoms with Gasteiger partial charge in [-0.25, -0.2) is 0 Å². The van der Waals surface area contributed by atoms with E-state index >= 15 is 0 Å². The highest BCUT2D eigenvalue weighted by molar-refractivity contribution is 5.83. The van der Waals surface area contributed by atoms with Crippen molar-refractivity contribution in [3.05, 3.63) is 0 Å². The highest BCUT2D eigenvalue weighted by Crippen LogP contribution is 2.40. The number of hydrogen-bond acceptors (Lipinski definition) is 14. The number of esters is 1. The van der Waals surface area contributed by atoms with Gasteiger partial charge in [-0.2, -0.15) is 0 Å². The molecule has 0 aliphatic carbocycles. The summed E-state index contributed by atoms with van der Waals surface area (Å²) in [6, 6.07) is -0.324. The van der Waals surface area contributed by atoms with Crippen LogP contribution < -0.4 is 0 Å². The first-order chi connectivity index (χ1) is 23.4. The number of cyclic esters (lactones) is 1. The maximum Gasteiger partial charge on any atom is 0.311 e. The van der Waals surface area contributed by atoms with Crippen LogP contribution in [0, 0.1) is 23.7 Å². The fourth-order valence-corrected chi connectivity index (χ4v) is 8.41. The van der Waals surface area contributed by atoms with Gasteiger partial charge in [0, 0.05) is 37.3 Å². The molecule has 3 fully saturated rings. The number of ketones is 1. The molecule has 15 heteroatoms. The van der Waals surface area contributed by atoms with Gasteiger partial charge in [-0.05, 0) is 74.9 Å². The minimum absolute atomic E-state index is 0. The number of nitrogens with zero attached hydrogens (tertiary/aromatic N) is 1. The van der Waals surface area contributed by atoms with Crippen LogP contribution in [0.5, 0.6) is 0 Å². The third kappa shape index (κ3) is 9.90. The lowest BCUT2D eigenvalue weighted by molar-refractivity contribution is -0.318. The second kappa shape index (κ2) is 18.1. The number of aliphatic hydroxyl groups excluding tert-OH is 3. The molecule has 15 nitrogen and oxygen atoms in total. The van der Waals surface area contributed by atoms with E-state index in [1.54, 1.807) is 41.5 Å². The van der Waals surface area contributed by atoms with Crippen molar-refractivity contribution < 1.29 is 69.0 Å². The number of hydrogen-bond donors (Lipinski definition) is 5. The second-order valence-electron chi connectivity index (χ2n) is 16.5. The molecule has 52 heavy (non-hydrogen) atoms. The van der Waals surface area contributed by atoms with Crippen LogP contribution >= 0.6 is 0 Å². The normalized spacial score (nSPS) is 48.8. The maximum absolute atomic E-state index is 14.1. The zero-order valence-electron chi connectivity index (χ0n) is 33.4. The third-order valence-corrected chi connectivity index (χ3v) is 11.8. The molecule has 0 saturated carbocycles. The number of carbonyl (C=O) groups excluding carboxylic acids is 2. The van der Waals surface area contributed by atoms with Crippen LogP contribution in [-0.2, 0) is 38.0 Å². The Labute approximate surface area is 309 Å². The minimum atomic E-state index is -1.99. The van der Waals surface area contributed by atoms with Crippen molar-refractivity contribution in [2.24, 2.45) is 23.7 Å². The molecule has 0 radical (unpaired) electrons. The van der Waals surface area contributed by atoms with Crippen molar-refractivity contribution in [1.82, 2.24) is 4.90 Å². The van der Waals surface area contributed by atoms with E-state index in [2.05, 4.69) is 0 Å². The van der Waals surface area contributed by atoms with Gasteiger partial charge in [-0.15, -0.1) is 0 Å². The van der Waals surface area contributed by atoms with Crippen molar-refractivity contribution in [1.29, 1.82) is 0 Å². The van der Waals surface area contributed by atoms with Crippen LogP contribution in [0.2, 0.25) is 0 Å². The molecule has 0 unspecified atom stereocenters. The number of carbonyl (C=O) groups is 2. The molecule has 0 amide bonds. The summed E-state index contributed by atoms with van der Waals surface area (Å²) in [6.07, 6.45) is -9.71. The van der Waals surface area contributed by atoms with E-state index in [0.717, 1.165) is 0 Å². The van der Waals surface area contributed by atoms with Gasteiger partial charge in [0.25, 0.3) is 0 Å². The van der Waals surface area contributed by atoms with Crippen molar-refractivity contribution in [3.63, 3.8) is 0 Å². The van der Waals surface area contributed by atoms with Crippen LogP contribution in [0.4, 0.5) is 0 Å². The molecule has 3 rings (SSSR count). The summed E-state index contributed by atoms with van der Waals surface area (Å²) >= 11 is 0. The number of methoxy groups -OCH3 is 1. The molecule has 0 bridgehead atoms. The maximum atomic E-state index is 14.1. The number of ether oxygens (including phenoxy) is 6. The van der Waals surface area contributed by atoms with Crippen molar-refractivity contribution >= 4 is 11.8 Å². The lowest BCUT2D eigenvalue weighted by atomic mass is 9.74. The lowest BCUT2D eigenvalue weighted by Crippen LogP contribution is -2.61. The fourth-order valence-electron chi connectivity index (χ4n) is 8.41. The van der Waals surface area contributed by atoms with Crippen molar-refractivity contribution in [2.75, 3.05) is 21.2 Å². The highest BCUT2D eigenvalue weighted by Gasteiger charge is 2.53. The number of rotatable bonds is 7. The molecular weight excluding hydrogens is 682 g/mol. The van der Waals surface area contributed by atoms with Crippen LogP contribution in [0.1, 0.15) is 94.9 Å². The summed E-state index contributed by atoms with van der Waals surface area (Å²) in [5.74, 6) is -4.98. The van der Waals surface area contributed by atoms with E-state index < -0.39 is 108 Å². The van der Waals surface area contributed by atoms with Gasteiger partial charge in [0.1, 0.15) is 29.7 Å². The van der Waals surface area contributed by atoms with Gasteiger partial charge in [-0.1, -0.05) is 27.7 Å². The summed E-state index contributed by atoms with van der Waals surface area (Å²) in [4.78, 5) is 29.8. The molecule has 0 aromatic carbocycles. The van der Waals surface area contributed by atoms with E-state index in [-0.39, 0.29) is 36.9 Å². The molecule has 3 aliphatic heterocycles. The number of Topliss-reactive ketones (excluding diaryl/α,β-unsaturated/α-hetero) is 1. The molecule has 306 valence electrons. The number of aliphatic hydroxyl groups is 5. The monoisotopic (exact) mass is 751 g/mol.